The van der Waals surface area contributed by atoms with Crippen LogP contribution in [0.1, 0.15) is 30.6 Å². The molecule has 0 aliphatic carbocycles. The highest BCUT2D eigenvalue weighted by Crippen LogP contribution is 2.15. The van der Waals surface area contributed by atoms with Crippen LogP contribution in [0.15, 0.2) is 35.1 Å². The molecule has 0 aliphatic rings. The number of carbonyl (C=O) groups excluding carboxylic acids is 3. The van der Waals surface area contributed by atoms with E-state index in [1.807, 2.05) is 13.8 Å². The van der Waals surface area contributed by atoms with Crippen LogP contribution in [0.25, 0.3) is 10.9 Å². The predicted octanol–water partition coefficient (Wildman–Crippen LogP) is 1.56. The van der Waals surface area contributed by atoms with Crippen molar-refractivity contribution < 1.29 is 19.1 Å². The third-order valence-corrected chi connectivity index (χ3v) is 3.57. The number of imide groups is 1. The molecule has 26 heavy (non-hydrogen) atoms. The van der Waals surface area contributed by atoms with Gasteiger partial charge in [0.05, 0.1) is 5.56 Å². The molecule has 0 spiro atoms. The summed E-state index contributed by atoms with van der Waals surface area (Å²) in [5, 5.41) is 5.12. The average Bonchev–Trinajstić information content (AvgIpc) is 2.58. The number of H-pyrrole nitrogens is 1. The summed E-state index contributed by atoms with van der Waals surface area (Å²) in [6.07, 6.45) is 0.784. The fraction of sp³-hybridized carbons (Fsp3) is 0.333. The van der Waals surface area contributed by atoms with E-state index in [9.17, 15) is 19.2 Å². The smallest absolute Gasteiger partial charge is 0.339 e. The second-order valence-corrected chi connectivity index (χ2v) is 6.16. The van der Waals surface area contributed by atoms with Crippen molar-refractivity contribution in [1.82, 2.24) is 15.6 Å². The van der Waals surface area contributed by atoms with Crippen LogP contribution >= 0.6 is 0 Å². The number of amides is 3. The van der Waals surface area contributed by atoms with Gasteiger partial charge in [-0.2, -0.15) is 0 Å². The number of benzene rings is 1. The van der Waals surface area contributed by atoms with Crippen LogP contribution in [0.4, 0.5) is 4.79 Å². The number of para-hydroxylation sites is 1. The van der Waals surface area contributed by atoms with E-state index in [-0.39, 0.29) is 5.56 Å². The molecule has 0 radical (unpaired) electrons. The topological polar surface area (TPSA) is 117 Å². The predicted molar refractivity (Wildman–Crippen MR) is 95.8 cm³/mol. The summed E-state index contributed by atoms with van der Waals surface area (Å²) >= 11 is 0. The van der Waals surface area contributed by atoms with Gasteiger partial charge < -0.3 is 15.0 Å². The van der Waals surface area contributed by atoms with Gasteiger partial charge in [-0.05, 0) is 18.4 Å². The number of hydrogen-bond acceptors (Lipinski definition) is 5. The summed E-state index contributed by atoms with van der Waals surface area (Å²) in [5.74, 6) is -1.15. The van der Waals surface area contributed by atoms with Crippen LogP contribution in [-0.4, -0.2) is 36.0 Å². The van der Waals surface area contributed by atoms with Gasteiger partial charge in [0.15, 0.2) is 6.61 Å². The van der Waals surface area contributed by atoms with Crippen LogP contribution in [0.2, 0.25) is 0 Å². The molecule has 3 amide bonds. The number of esters is 1. The number of fused-ring (bicyclic) bond motifs is 1. The van der Waals surface area contributed by atoms with E-state index in [4.69, 9.17) is 4.74 Å². The lowest BCUT2D eigenvalue weighted by Gasteiger charge is -2.09. The summed E-state index contributed by atoms with van der Waals surface area (Å²) in [6, 6.07) is 7.21. The molecular weight excluding hydrogens is 338 g/mol. The SMILES string of the molecule is CC(C)CCNC(=O)NC(=O)COC(=O)c1cc(=O)[nH]c2ccccc12. The molecule has 0 atom stereocenters. The van der Waals surface area contributed by atoms with Gasteiger partial charge in [0.25, 0.3) is 5.91 Å². The molecule has 0 bridgehead atoms. The Bertz CT molecular complexity index is 873. The summed E-state index contributed by atoms with van der Waals surface area (Å²) in [5.41, 5.74) is 0.0871. The third-order valence-electron chi connectivity index (χ3n) is 3.57. The molecule has 0 saturated heterocycles. The Hall–Kier alpha value is -3.16. The van der Waals surface area contributed by atoms with Crippen LogP contribution in [-0.2, 0) is 9.53 Å². The van der Waals surface area contributed by atoms with E-state index in [2.05, 4.69) is 15.6 Å². The van der Waals surface area contributed by atoms with Crippen LogP contribution in [0.3, 0.4) is 0 Å². The maximum absolute atomic E-state index is 12.2. The molecule has 0 unspecified atom stereocenters. The monoisotopic (exact) mass is 359 g/mol. The number of rotatable bonds is 6. The van der Waals surface area contributed by atoms with Crippen molar-refractivity contribution in [3.63, 3.8) is 0 Å². The van der Waals surface area contributed by atoms with Crippen molar-refractivity contribution >= 4 is 28.8 Å². The lowest BCUT2D eigenvalue weighted by atomic mass is 10.1. The van der Waals surface area contributed by atoms with Gasteiger partial charge >= 0.3 is 12.0 Å². The second kappa shape index (κ2) is 8.80. The number of pyridine rings is 1. The first kappa shape index (κ1) is 19.2. The Morgan fingerprint density at radius 3 is 2.65 bits per heavy atom. The van der Waals surface area contributed by atoms with Crippen LogP contribution in [0, 0.1) is 5.92 Å². The number of ether oxygens (including phenoxy) is 1. The van der Waals surface area contributed by atoms with Crippen molar-refractivity contribution in [2.45, 2.75) is 20.3 Å². The maximum Gasteiger partial charge on any atom is 0.339 e. The zero-order valence-corrected chi connectivity index (χ0v) is 14.6. The molecule has 0 aliphatic heterocycles. The van der Waals surface area contributed by atoms with Crippen molar-refractivity contribution in [2.24, 2.45) is 5.92 Å². The quantitative estimate of drug-likeness (QED) is 0.677. The van der Waals surface area contributed by atoms with Crippen molar-refractivity contribution in [1.29, 1.82) is 0 Å². The Balaban J connectivity index is 1.92. The molecule has 2 rings (SSSR count). The molecule has 138 valence electrons. The fourth-order valence-corrected chi connectivity index (χ4v) is 2.26. The highest BCUT2D eigenvalue weighted by molar-refractivity contribution is 6.04. The first-order chi connectivity index (χ1) is 12.4. The van der Waals surface area contributed by atoms with Gasteiger partial charge in [0.2, 0.25) is 5.56 Å². The Kier molecular flexibility index (Phi) is 6.48. The van der Waals surface area contributed by atoms with Gasteiger partial charge in [-0.25, -0.2) is 9.59 Å². The molecule has 8 heteroatoms. The molecule has 0 fully saturated rings. The minimum absolute atomic E-state index is 0.0542. The maximum atomic E-state index is 12.2. The minimum atomic E-state index is -0.817. The third kappa shape index (κ3) is 5.44. The molecule has 2 aromatic rings. The van der Waals surface area contributed by atoms with Crippen LogP contribution in [0.5, 0.6) is 0 Å². The Morgan fingerprint density at radius 1 is 1.19 bits per heavy atom. The highest BCUT2D eigenvalue weighted by Gasteiger charge is 2.15. The van der Waals surface area contributed by atoms with Crippen molar-refractivity contribution in [3.05, 3.63) is 46.2 Å². The van der Waals surface area contributed by atoms with E-state index in [1.165, 1.54) is 0 Å². The standard InChI is InChI=1S/C18H21N3O5/c1-11(2)7-8-19-18(25)21-16(23)10-26-17(24)13-9-15(22)20-14-6-4-3-5-12(13)14/h3-6,9,11H,7-8,10H2,1-2H3,(H,20,22)(H2,19,21,23,25). The van der Waals surface area contributed by atoms with Gasteiger partial charge in [-0.3, -0.25) is 14.9 Å². The summed E-state index contributed by atoms with van der Waals surface area (Å²) in [7, 11) is 0. The van der Waals surface area contributed by atoms with E-state index in [0.717, 1.165) is 12.5 Å². The zero-order chi connectivity index (χ0) is 19.1. The molecule has 1 heterocycles. The van der Waals surface area contributed by atoms with Gasteiger partial charge in [0.1, 0.15) is 0 Å². The summed E-state index contributed by atoms with van der Waals surface area (Å²) < 4.78 is 4.91. The van der Waals surface area contributed by atoms with Crippen LogP contribution < -0.4 is 16.2 Å². The number of urea groups is 1. The fourth-order valence-electron chi connectivity index (χ4n) is 2.26. The van der Waals surface area contributed by atoms with Crippen molar-refractivity contribution in [2.75, 3.05) is 13.2 Å². The number of hydrogen-bond donors (Lipinski definition) is 3. The first-order valence-electron chi connectivity index (χ1n) is 8.23. The Labute approximate surface area is 149 Å². The molecule has 3 N–H and O–H groups in total. The van der Waals surface area contributed by atoms with Crippen molar-refractivity contribution in [3.8, 4) is 0 Å². The molecule has 1 aromatic carbocycles. The number of carbonyl (C=O) groups is 3. The number of aromatic amines is 1. The van der Waals surface area contributed by atoms with E-state index in [1.54, 1.807) is 24.3 Å². The number of nitrogens with one attached hydrogen (secondary N) is 3. The molecular formula is C18H21N3O5. The largest absolute Gasteiger partial charge is 0.452 e. The molecule has 0 saturated carbocycles. The summed E-state index contributed by atoms with van der Waals surface area (Å²) in [4.78, 5) is 49.7. The molecule has 1 aromatic heterocycles. The summed E-state index contributed by atoms with van der Waals surface area (Å²) in [6.45, 7) is 3.85. The minimum Gasteiger partial charge on any atom is -0.452 e. The average molecular weight is 359 g/mol. The first-order valence-corrected chi connectivity index (χ1v) is 8.23. The second-order valence-electron chi connectivity index (χ2n) is 6.16. The van der Waals surface area contributed by atoms with Gasteiger partial charge in [0, 0.05) is 23.5 Å². The highest BCUT2D eigenvalue weighted by atomic mass is 16.5. The van der Waals surface area contributed by atoms with Gasteiger partial charge in [-0.15, -0.1) is 0 Å². The van der Waals surface area contributed by atoms with Gasteiger partial charge in [-0.1, -0.05) is 32.0 Å². The Morgan fingerprint density at radius 2 is 1.92 bits per heavy atom. The van der Waals surface area contributed by atoms with E-state index in [0.29, 0.717) is 23.4 Å². The normalized spacial score (nSPS) is 10.6. The number of aromatic nitrogens is 1. The van der Waals surface area contributed by atoms with E-state index < -0.39 is 30.1 Å². The zero-order valence-electron chi connectivity index (χ0n) is 14.6. The molecule has 8 nitrogen and oxygen atoms in total. The lowest BCUT2D eigenvalue weighted by Crippen LogP contribution is -2.42. The van der Waals surface area contributed by atoms with E-state index >= 15 is 0 Å². The lowest BCUT2D eigenvalue weighted by molar-refractivity contribution is -0.123.